The molecule has 22 heavy (non-hydrogen) atoms. The third kappa shape index (κ3) is 2.39. The number of nitrogens with two attached hydrogens (primary N) is 1. The lowest BCUT2D eigenvalue weighted by Crippen LogP contribution is -2.02. The monoisotopic (exact) mass is 291 g/mol. The van der Waals surface area contributed by atoms with E-state index in [0.717, 1.165) is 22.5 Å². The Labute approximate surface area is 129 Å². The zero-order valence-corrected chi connectivity index (χ0v) is 12.6. The summed E-state index contributed by atoms with van der Waals surface area (Å²) in [6.07, 6.45) is 0. The number of ketones is 1. The van der Waals surface area contributed by atoms with Crippen LogP contribution in [0.5, 0.6) is 0 Å². The molecule has 0 aliphatic carbocycles. The third-order valence-corrected chi connectivity index (χ3v) is 3.65. The van der Waals surface area contributed by atoms with Crippen molar-refractivity contribution in [2.24, 2.45) is 0 Å². The van der Waals surface area contributed by atoms with E-state index in [0.29, 0.717) is 11.4 Å². The third-order valence-electron chi connectivity index (χ3n) is 3.65. The van der Waals surface area contributed by atoms with Gasteiger partial charge in [-0.3, -0.25) is 4.79 Å². The highest BCUT2D eigenvalue weighted by atomic mass is 16.1. The Morgan fingerprint density at radius 3 is 2.50 bits per heavy atom. The van der Waals surface area contributed by atoms with Gasteiger partial charge in [-0.2, -0.15) is 5.10 Å². The molecule has 0 amide bonds. The fourth-order valence-corrected chi connectivity index (χ4v) is 2.56. The average molecular weight is 291 g/mol. The van der Waals surface area contributed by atoms with Gasteiger partial charge in [-0.05, 0) is 37.6 Å². The maximum absolute atomic E-state index is 11.6. The minimum absolute atomic E-state index is 0.0357. The van der Waals surface area contributed by atoms with Crippen molar-refractivity contribution in [1.82, 2.24) is 9.78 Å². The minimum Gasteiger partial charge on any atom is -0.383 e. The fraction of sp³-hybridized carbons (Fsp3) is 0.111. The Balaban J connectivity index is 2.15. The summed E-state index contributed by atoms with van der Waals surface area (Å²) in [5.74, 6) is 0.609. The maximum Gasteiger partial charge on any atom is 0.159 e. The number of carbonyl (C=O) groups is 1. The molecule has 4 heteroatoms. The Morgan fingerprint density at radius 1 is 1.09 bits per heavy atom. The molecule has 110 valence electrons. The lowest BCUT2D eigenvalue weighted by atomic mass is 10.0. The molecule has 0 unspecified atom stereocenters. The number of nitrogens with zero attached hydrogens (tertiary/aromatic N) is 2. The zero-order chi connectivity index (χ0) is 15.7. The van der Waals surface area contributed by atoms with Crippen LogP contribution in [0.2, 0.25) is 0 Å². The second-order valence-electron chi connectivity index (χ2n) is 5.23. The van der Waals surface area contributed by atoms with Gasteiger partial charge >= 0.3 is 0 Å². The van der Waals surface area contributed by atoms with Gasteiger partial charge in [0.2, 0.25) is 0 Å². The lowest BCUT2D eigenvalue weighted by molar-refractivity contribution is 0.101. The number of benzene rings is 2. The van der Waals surface area contributed by atoms with E-state index in [4.69, 9.17) is 5.73 Å². The van der Waals surface area contributed by atoms with Gasteiger partial charge in [0.05, 0.1) is 11.4 Å². The molecule has 0 saturated carbocycles. The second-order valence-corrected chi connectivity index (χ2v) is 5.23. The molecule has 4 nitrogen and oxygen atoms in total. The first-order valence-electron chi connectivity index (χ1n) is 7.10. The average Bonchev–Trinajstić information content (AvgIpc) is 2.83. The number of carbonyl (C=O) groups excluding carboxylic acids is 1. The van der Waals surface area contributed by atoms with Crippen molar-refractivity contribution in [3.63, 3.8) is 0 Å². The molecule has 0 fully saturated rings. The highest BCUT2D eigenvalue weighted by molar-refractivity contribution is 5.95. The number of nitrogen functional groups attached to an aromatic ring is 1. The molecule has 0 spiro atoms. The molecular formula is C18H17N3O. The molecule has 1 heterocycles. The molecule has 2 aromatic carbocycles. The molecule has 3 aromatic rings. The first kappa shape index (κ1) is 14.1. The SMILES string of the molecule is CC(=O)c1cccc(-c2c(C)nn(-c3ccccc3)c2N)c1. The number of hydrogen-bond acceptors (Lipinski definition) is 3. The van der Waals surface area contributed by atoms with Gasteiger partial charge in [0.15, 0.2) is 5.78 Å². The van der Waals surface area contributed by atoms with Crippen molar-refractivity contribution >= 4 is 11.6 Å². The van der Waals surface area contributed by atoms with E-state index in [1.54, 1.807) is 17.7 Å². The van der Waals surface area contributed by atoms with Gasteiger partial charge in [-0.15, -0.1) is 0 Å². The number of Topliss-reactive ketones (excluding diaryl/α,β-unsaturated/α-hetero) is 1. The van der Waals surface area contributed by atoms with E-state index in [9.17, 15) is 4.79 Å². The lowest BCUT2D eigenvalue weighted by Gasteiger charge is -2.06. The number of aryl methyl sites for hydroxylation is 1. The second kappa shape index (κ2) is 5.48. The largest absolute Gasteiger partial charge is 0.383 e. The van der Waals surface area contributed by atoms with Gasteiger partial charge in [0.25, 0.3) is 0 Å². The summed E-state index contributed by atoms with van der Waals surface area (Å²) in [7, 11) is 0. The molecule has 0 atom stereocenters. The van der Waals surface area contributed by atoms with E-state index in [-0.39, 0.29) is 5.78 Å². The van der Waals surface area contributed by atoms with E-state index >= 15 is 0 Å². The standard InChI is InChI=1S/C18H17N3O/c1-12-17(15-8-6-7-14(11-15)13(2)22)18(19)21(20-12)16-9-4-3-5-10-16/h3-11H,19H2,1-2H3. The van der Waals surface area contributed by atoms with Crippen LogP contribution in [0.25, 0.3) is 16.8 Å². The molecule has 0 radical (unpaired) electrons. The van der Waals surface area contributed by atoms with Crippen molar-refractivity contribution in [1.29, 1.82) is 0 Å². The van der Waals surface area contributed by atoms with Gasteiger partial charge in [0, 0.05) is 11.1 Å². The molecule has 0 aliphatic heterocycles. The van der Waals surface area contributed by atoms with E-state index in [1.807, 2.05) is 55.5 Å². The van der Waals surface area contributed by atoms with Gasteiger partial charge < -0.3 is 5.73 Å². The van der Waals surface area contributed by atoms with E-state index in [1.165, 1.54) is 0 Å². The van der Waals surface area contributed by atoms with Crippen molar-refractivity contribution in [2.75, 3.05) is 5.73 Å². The predicted octanol–water partition coefficient (Wildman–Crippen LogP) is 3.63. The van der Waals surface area contributed by atoms with Crippen LogP contribution in [0.1, 0.15) is 23.0 Å². The Hall–Kier alpha value is -2.88. The zero-order valence-electron chi connectivity index (χ0n) is 12.6. The van der Waals surface area contributed by atoms with Gasteiger partial charge in [-0.25, -0.2) is 4.68 Å². The van der Waals surface area contributed by atoms with Crippen LogP contribution in [-0.2, 0) is 0 Å². The van der Waals surface area contributed by atoms with Crippen molar-refractivity contribution in [3.8, 4) is 16.8 Å². The number of para-hydroxylation sites is 1. The Kier molecular flexibility index (Phi) is 3.51. The van der Waals surface area contributed by atoms with Crippen LogP contribution >= 0.6 is 0 Å². The summed E-state index contributed by atoms with van der Waals surface area (Å²) < 4.78 is 1.73. The molecule has 3 rings (SSSR count). The van der Waals surface area contributed by atoms with Crippen LogP contribution in [0.15, 0.2) is 54.6 Å². The normalized spacial score (nSPS) is 10.6. The maximum atomic E-state index is 11.6. The minimum atomic E-state index is 0.0357. The van der Waals surface area contributed by atoms with Crippen LogP contribution in [-0.4, -0.2) is 15.6 Å². The summed E-state index contributed by atoms with van der Waals surface area (Å²) >= 11 is 0. The number of rotatable bonds is 3. The molecule has 0 bridgehead atoms. The van der Waals surface area contributed by atoms with Crippen molar-refractivity contribution in [2.45, 2.75) is 13.8 Å². The summed E-state index contributed by atoms with van der Waals surface area (Å²) in [5.41, 5.74) is 10.5. The number of hydrogen-bond donors (Lipinski definition) is 1. The smallest absolute Gasteiger partial charge is 0.159 e. The molecule has 2 N–H and O–H groups in total. The molecule has 1 aromatic heterocycles. The highest BCUT2D eigenvalue weighted by Gasteiger charge is 2.16. The Morgan fingerprint density at radius 2 is 1.82 bits per heavy atom. The molecule has 0 aliphatic rings. The molecular weight excluding hydrogens is 274 g/mol. The Bertz CT molecular complexity index is 835. The summed E-state index contributed by atoms with van der Waals surface area (Å²) in [4.78, 5) is 11.6. The number of aromatic nitrogens is 2. The summed E-state index contributed by atoms with van der Waals surface area (Å²) in [6.45, 7) is 3.48. The summed E-state index contributed by atoms with van der Waals surface area (Å²) in [5, 5.41) is 4.54. The van der Waals surface area contributed by atoms with Crippen molar-refractivity contribution < 1.29 is 4.79 Å². The first-order chi connectivity index (χ1) is 10.6. The quantitative estimate of drug-likeness (QED) is 0.749. The topological polar surface area (TPSA) is 60.9 Å². The van der Waals surface area contributed by atoms with Gasteiger partial charge in [0.1, 0.15) is 5.82 Å². The molecule has 0 saturated heterocycles. The first-order valence-corrected chi connectivity index (χ1v) is 7.10. The van der Waals surface area contributed by atoms with Gasteiger partial charge in [-0.1, -0.05) is 36.4 Å². The van der Waals surface area contributed by atoms with Crippen LogP contribution in [0, 0.1) is 6.92 Å². The van der Waals surface area contributed by atoms with Crippen molar-refractivity contribution in [3.05, 3.63) is 65.9 Å². The van der Waals surface area contributed by atoms with Crippen LogP contribution < -0.4 is 5.73 Å². The highest BCUT2D eigenvalue weighted by Crippen LogP contribution is 2.31. The van der Waals surface area contributed by atoms with E-state index in [2.05, 4.69) is 5.10 Å². The number of anilines is 1. The fourth-order valence-electron chi connectivity index (χ4n) is 2.56. The van der Waals surface area contributed by atoms with E-state index < -0.39 is 0 Å². The summed E-state index contributed by atoms with van der Waals surface area (Å²) in [6, 6.07) is 17.2. The predicted molar refractivity (Wildman–Crippen MR) is 88.2 cm³/mol. The van der Waals surface area contributed by atoms with Crippen LogP contribution in [0.4, 0.5) is 5.82 Å². The van der Waals surface area contributed by atoms with Crippen LogP contribution in [0.3, 0.4) is 0 Å².